The van der Waals surface area contributed by atoms with Crippen LogP contribution in [0.25, 0.3) is 0 Å². The predicted octanol–water partition coefficient (Wildman–Crippen LogP) is 1.79. The summed E-state index contributed by atoms with van der Waals surface area (Å²) in [7, 11) is -2.40. The minimum absolute atomic E-state index is 0.0152. The average molecular weight is 474 g/mol. The van der Waals surface area contributed by atoms with Gasteiger partial charge in [0.05, 0.1) is 38.0 Å². The Balaban J connectivity index is 1.51. The van der Waals surface area contributed by atoms with Gasteiger partial charge in [0.25, 0.3) is 5.91 Å². The van der Waals surface area contributed by atoms with Gasteiger partial charge in [-0.15, -0.1) is 0 Å². The molecule has 2 N–H and O–H groups in total. The fourth-order valence-corrected chi connectivity index (χ4v) is 5.23. The highest BCUT2D eigenvalue weighted by Crippen LogP contribution is 2.29. The molecule has 0 spiro atoms. The highest BCUT2D eigenvalue weighted by Gasteiger charge is 2.30. The summed E-state index contributed by atoms with van der Waals surface area (Å²) in [6.45, 7) is 1.18. The van der Waals surface area contributed by atoms with Crippen molar-refractivity contribution in [2.24, 2.45) is 0 Å². The van der Waals surface area contributed by atoms with E-state index >= 15 is 0 Å². The van der Waals surface area contributed by atoms with E-state index in [-0.39, 0.29) is 48.0 Å². The normalized spacial score (nSPS) is 16.8. The molecule has 33 heavy (non-hydrogen) atoms. The van der Waals surface area contributed by atoms with Crippen LogP contribution < -0.4 is 15.4 Å². The average Bonchev–Trinajstić information content (AvgIpc) is 3.64. The van der Waals surface area contributed by atoms with Crippen LogP contribution in [-0.2, 0) is 26.0 Å². The number of benzene rings is 2. The largest absolute Gasteiger partial charge is 0.495 e. The third kappa shape index (κ3) is 5.52. The molecule has 2 aromatic rings. The molecule has 0 atom stereocenters. The summed E-state index contributed by atoms with van der Waals surface area (Å²) in [5, 5.41) is 5.69. The van der Waals surface area contributed by atoms with Crippen LogP contribution in [0.2, 0.25) is 0 Å². The quantitative estimate of drug-likeness (QED) is 0.604. The molecule has 2 amide bonds. The molecule has 2 aromatic carbocycles. The van der Waals surface area contributed by atoms with Crippen molar-refractivity contribution in [3.8, 4) is 5.75 Å². The molecular formula is C23H27N3O6S. The molecule has 176 valence electrons. The van der Waals surface area contributed by atoms with E-state index in [2.05, 4.69) is 10.6 Å². The number of ether oxygens (including phenoxy) is 2. The minimum Gasteiger partial charge on any atom is -0.495 e. The molecule has 0 unspecified atom stereocenters. The fraction of sp³-hybridized carbons (Fsp3) is 0.391. The molecule has 9 nitrogen and oxygen atoms in total. The Kier molecular flexibility index (Phi) is 6.96. The van der Waals surface area contributed by atoms with Crippen LogP contribution in [0.4, 0.5) is 5.69 Å². The molecule has 10 heteroatoms. The third-order valence-electron chi connectivity index (χ3n) is 5.54. The van der Waals surface area contributed by atoms with E-state index in [0.29, 0.717) is 30.0 Å². The van der Waals surface area contributed by atoms with Crippen LogP contribution in [-0.4, -0.2) is 64.0 Å². The number of nitrogens with one attached hydrogen (secondary N) is 2. The fourth-order valence-electron chi connectivity index (χ4n) is 3.62. The topological polar surface area (TPSA) is 114 Å². The molecule has 2 fully saturated rings. The molecule has 0 radical (unpaired) electrons. The zero-order valence-corrected chi connectivity index (χ0v) is 19.2. The SMILES string of the molecule is COc1ccc(CC(=O)Nc2ccccc2C(=O)NC2CC2)cc1S(=O)(=O)N1CCOCC1. The van der Waals surface area contributed by atoms with Gasteiger partial charge in [0.1, 0.15) is 10.6 Å². The third-order valence-corrected chi connectivity index (χ3v) is 7.46. The van der Waals surface area contributed by atoms with Gasteiger partial charge in [-0.05, 0) is 42.7 Å². The van der Waals surface area contributed by atoms with E-state index in [4.69, 9.17) is 9.47 Å². The van der Waals surface area contributed by atoms with Gasteiger partial charge in [0.15, 0.2) is 0 Å². The number of hydrogen-bond acceptors (Lipinski definition) is 6. The van der Waals surface area contributed by atoms with Crippen molar-refractivity contribution in [1.29, 1.82) is 0 Å². The molecule has 1 aliphatic carbocycles. The lowest BCUT2D eigenvalue weighted by Gasteiger charge is -2.26. The Labute approximate surface area is 193 Å². The lowest BCUT2D eigenvalue weighted by Crippen LogP contribution is -2.40. The monoisotopic (exact) mass is 473 g/mol. The number of nitrogens with zero attached hydrogens (tertiary/aromatic N) is 1. The van der Waals surface area contributed by atoms with Crippen molar-refractivity contribution in [1.82, 2.24) is 9.62 Å². The summed E-state index contributed by atoms with van der Waals surface area (Å²) in [5.41, 5.74) is 1.32. The maximum Gasteiger partial charge on any atom is 0.253 e. The number of carbonyl (C=O) groups is 2. The standard InChI is InChI=1S/C23H27N3O6S/c1-31-20-9-6-16(14-21(20)33(29,30)26-10-12-32-13-11-26)15-22(27)25-19-5-3-2-4-18(19)23(28)24-17-7-8-17/h2-6,9,14,17H,7-8,10-13,15H2,1H3,(H,24,28)(H,25,27). The van der Waals surface area contributed by atoms with Gasteiger partial charge in [-0.1, -0.05) is 18.2 Å². The molecule has 0 bridgehead atoms. The van der Waals surface area contributed by atoms with Crippen LogP contribution in [0.5, 0.6) is 5.75 Å². The number of para-hydroxylation sites is 1. The number of morpholine rings is 1. The van der Waals surface area contributed by atoms with E-state index < -0.39 is 10.0 Å². The maximum atomic E-state index is 13.2. The van der Waals surface area contributed by atoms with Gasteiger partial charge in [0.2, 0.25) is 15.9 Å². The Morgan fingerprint density at radius 1 is 1.12 bits per heavy atom. The number of sulfonamides is 1. The Morgan fingerprint density at radius 2 is 1.85 bits per heavy atom. The van der Waals surface area contributed by atoms with Crippen molar-refractivity contribution in [3.63, 3.8) is 0 Å². The smallest absolute Gasteiger partial charge is 0.253 e. The lowest BCUT2D eigenvalue weighted by molar-refractivity contribution is -0.115. The highest BCUT2D eigenvalue weighted by atomic mass is 32.2. The number of hydrogen-bond donors (Lipinski definition) is 2. The van der Waals surface area contributed by atoms with E-state index in [1.54, 1.807) is 36.4 Å². The number of amides is 2. The molecule has 1 heterocycles. The Hall–Kier alpha value is -2.95. The van der Waals surface area contributed by atoms with Crippen LogP contribution in [0, 0.1) is 0 Å². The molecule has 0 aromatic heterocycles. The van der Waals surface area contributed by atoms with Gasteiger partial charge in [-0.2, -0.15) is 4.31 Å². The van der Waals surface area contributed by atoms with Crippen molar-refractivity contribution in [3.05, 3.63) is 53.6 Å². The molecule has 1 aliphatic heterocycles. The zero-order valence-electron chi connectivity index (χ0n) is 18.4. The first kappa shape index (κ1) is 23.2. The van der Waals surface area contributed by atoms with Gasteiger partial charge >= 0.3 is 0 Å². The van der Waals surface area contributed by atoms with E-state index in [0.717, 1.165) is 12.8 Å². The number of anilines is 1. The minimum atomic E-state index is -3.80. The lowest BCUT2D eigenvalue weighted by atomic mass is 10.1. The summed E-state index contributed by atoms with van der Waals surface area (Å²) >= 11 is 0. The molecule has 2 aliphatic rings. The predicted molar refractivity (Wildman–Crippen MR) is 122 cm³/mol. The van der Waals surface area contributed by atoms with Crippen LogP contribution in [0.15, 0.2) is 47.4 Å². The van der Waals surface area contributed by atoms with Crippen LogP contribution in [0.1, 0.15) is 28.8 Å². The molecular weight excluding hydrogens is 446 g/mol. The second-order valence-electron chi connectivity index (χ2n) is 8.02. The Morgan fingerprint density at radius 3 is 2.55 bits per heavy atom. The first-order valence-corrected chi connectivity index (χ1v) is 12.3. The Bertz CT molecular complexity index is 1140. The van der Waals surface area contributed by atoms with Crippen molar-refractivity contribution >= 4 is 27.5 Å². The molecule has 1 saturated carbocycles. The van der Waals surface area contributed by atoms with E-state index in [1.807, 2.05) is 0 Å². The van der Waals surface area contributed by atoms with Crippen molar-refractivity contribution in [2.45, 2.75) is 30.2 Å². The van der Waals surface area contributed by atoms with E-state index in [9.17, 15) is 18.0 Å². The van der Waals surface area contributed by atoms with Gasteiger partial charge in [-0.3, -0.25) is 9.59 Å². The van der Waals surface area contributed by atoms with Gasteiger partial charge in [0, 0.05) is 19.1 Å². The summed E-state index contributed by atoms with van der Waals surface area (Å²) < 4.78 is 38.2. The second kappa shape index (κ2) is 9.90. The molecule has 4 rings (SSSR count). The highest BCUT2D eigenvalue weighted by molar-refractivity contribution is 7.89. The van der Waals surface area contributed by atoms with Gasteiger partial charge in [-0.25, -0.2) is 8.42 Å². The zero-order chi connectivity index (χ0) is 23.4. The summed E-state index contributed by atoms with van der Waals surface area (Å²) in [6, 6.07) is 11.7. The maximum absolute atomic E-state index is 13.2. The number of methoxy groups -OCH3 is 1. The van der Waals surface area contributed by atoms with Crippen molar-refractivity contribution in [2.75, 3.05) is 38.7 Å². The first-order chi connectivity index (χ1) is 15.9. The van der Waals surface area contributed by atoms with E-state index in [1.165, 1.54) is 17.5 Å². The molecule has 1 saturated heterocycles. The van der Waals surface area contributed by atoms with Crippen molar-refractivity contribution < 1.29 is 27.5 Å². The van der Waals surface area contributed by atoms with Crippen LogP contribution in [0.3, 0.4) is 0 Å². The van der Waals surface area contributed by atoms with Crippen LogP contribution >= 0.6 is 0 Å². The first-order valence-electron chi connectivity index (χ1n) is 10.8. The summed E-state index contributed by atoms with van der Waals surface area (Å²) in [4.78, 5) is 25.2. The van der Waals surface area contributed by atoms with Gasteiger partial charge < -0.3 is 20.1 Å². The number of carbonyl (C=O) groups excluding carboxylic acids is 2. The number of rotatable bonds is 8. The summed E-state index contributed by atoms with van der Waals surface area (Å²) in [5.74, 6) is -0.369. The second-order valence-corrected chi connectivity index (χ2v) is 9.93. The summed E-state index contributed by atoms with van der Waals surface area (Å²) in [6.07, 6.45) is 1.87.